The van der Waals surface area contributed by atoms with Crippen LogP contribution in [0.1, 0.15) is 55.7 Å². The van der Waals surface area contributed by atoms with Gasteiger partial charge in [-0.2, -0.15) is 5.10 Å². The van der Waals surface area contributed by atoms with Crippen LogP contribution in [0.2, 0.25) is 0 Å². The van der Waals surface area contributed by atoms with Crippen molar-refractivity contribution in [2.45, 2.75) is 44.4 Å². The predicted molar refractivity (Wildman–Crippen MR) is 80.0 cm³/mol. The van der Waals surface area contributed by atoms with Crippen molar-refractivity contribution in [1.29, 1.82) is 0 Å². The number of carbonyl (C=O) groups excluding carboxylic acids is 1. The zero-order valence-corrected chi connectivity index (χ0v) is 14.0. The Morgan fingerprint density at radius 3 is 2.52 bits per heavy atom. The Bertz CT molecular complexity index is 635. The number of amides is 1. The van der Waals surface area contributed by atoms with Crippen molar-refractivity contribution in [3.05, 3.63) is 11.4 Å². The highest BCUT2D eigenvalue weighted by Crippen LogP contribution is 2.32. The molecule has 0 bridgehead atoms. The van der Waals surface area contributed by atoms with E-state index in [1.165, 1.54) is 0 Å². The molecule has 0 radical (unpaired) electrons. The average Bonchev–Trinajstić information content (AvgIpc) is 3.07. The first-order valence-electron chi connectivity index (χ1n) is 7.07. The van der Waals surface area contributed by atoms with Crippen LogP contribution in [0.5, 0.6) is 0 Å². The van der Waals surface area contributed by atoms with Crippen LogP contribution >= 0.6 is 10.7 Å². The molecule has 0 atom stereocenters. The number of nitrogens with one attached hydrogen (secondary N) is 1. The summed E-state index contributed by atoms with van der Waals surface area (Å²) in [5, 5.41) is 6.57. The van der Waals surface area contributed by atoms with Crippen molar-refractivity contribution in [2.75, 3.05) is 13.1 Å². The van der Waals surface area contributed by atoms with E-state index in [1.54, 1.807) is 4.90 Å². The van der Waals surface area contributed by atoms with Crippen LogP contribution in [0.3, 0.4) is 0 Å². The molecule has 118 valence electrons. The van der Waals surface area contributed by atoms with Gasteiger partial charge in [0, 0.05) is 23.8 Å². The number of rotatable bonds is 6. The lowest BCUT2D eigenvalue weighted by Crippen LogP contribution is -2.33. The summed E-state index contributed by atoms with van der Waals surface area (Å²) in [5.74, 6) is 0.0151. The fraction of sp³-hybridized carbons (Fsp3) is 0.692. The molecule has 1 aromatic rings. The number of aromatic nitrogens is 2. The first kappa shape index (κ1) is 16.3. The summed E-state index contributed by atoms with van der Waals surface area (Å²) in [6.07, 6.45) is 2.23. The smallest absolute Gasteiger partial charge is 0.275 e. The molecule has 0 unspecified atom stereocenters. The van der Waals surface area contributed by atoms with Crippen molar-refractivity contribution in [1.82, 2.24) is 15.1 Å². The molecule has 0 aromatic carbocycles. The van der Waals surface area contributed by atoms with Gasteiger partial charge in [0.1, 0.15) is 4.90 Å². The van der Waals surface area contributed by atoms with E-state index in [2.05, 4.69) is 10.2 Å². The van der Waals surface area contributed by atoms with E-state index in [9.17, 15) is 13.2 Å². The van der Waals surface area contributed by atoms with E-state index < -0.39 is 9.05 Å². The lowest BCUT2D eigenvalue weighted by molar-refractivity contribution is 0.0747. The fourth-order valence-electron chi connectivity index (χ4n) is 2.25. The molecule has 8 heteroatoms. The van der Waals surface area contributed by atoms with E-state index in [0.717, 1.165) is 12.8 Å². The van der Waals surface area contributed by atoms with Gasteiger partial charge in [-0.25, -0.2) is 8.42 Å². The molecule has 0 aliphatic heterocycles. The SMILES string of the molecule is CCN(CC1CC1)C(=O)c1n[nH]c(C(C)C)c1S(=O)(=O)Cl. The fourth-order valence-corrected chi connectivity index (χ4v) is 3.62. The summed E-state index contributed by atoms with van der Waals surface area (Å²) >= 11 is 0. The molecule has 0 spiro atoms. The third-order valence-electron chi connectivity index (χ3n) is 3.62. The van der Waals surface area contributed by atoms with Crippen LogP contribution in [-0.4, -0.2) is 42.5 Å². The van der Waals surface area contributed by atoms with Gasteiger partial charge >= 0.3 is 0 Å². The molecule has 1 aliphatic rings. The maximum Gasteiger partial charge on any atom is 0.275 e. The van der Waals surface area contributed by atoms with Gasteiger partial charge in [0.25, 0.3) is 15.0 Å². The number of halogens is 1. The first-order chi connectivity index (χ1) is 9.75. The van der Waals surface area contributed by atoms with E-state index in [4.69, 9.17) is 10.7 Å². The zero-order chi connectivity index (χ0) is 15.8. The van der Waals surface area contributed by atoms with E-state index >= 15 is 0 Å². The zero-order valence-electron chi connectivity index (χ0n) is 12.4. The van der Waals surface area contributed by atoms with Crippen LogP contribution in [0.4, 0.5) is 0 Å². The van der Waals surface area contributed by atoms with Crippen molar-refractivity contribution >= 4 is 25.6 Å². The lowest BCUT2D eigenvalue weighted by Gasteiger charge is -2.19. The van der Waals surface area contributed by atoms with Gasteiger partial charge in [-0.05, 0) is 31.6 Å². The summed E-state index contributed by atoms with van der Waals surface area (Å²) in [6.45, 7) is 6.65. The molecule has 1 fully saturated rings. The third-order valence-corrected chi connectivity index (χ3v) is 4.98. The summed E-state index contributed by atoms with van der Waals surface area (Å²) in [4.78, 5) is 14.0. The molecule has 21 heavy (non-hydrogen) atoms. The highest BCUT2D eigenvalue weighted by atomic mass is 35.7. The minimum atomic E-state index is -4.03. The van der Waals surface area contributed by atoms with Crippen molar-refractivity contribution in [2.24, 2.45) is 5.92 Å². The standard InChI is InChI=1S/C13H20ClN3O3S/c1-4-17(7-9-5-6-9)13(18)11-12(21(14,19)20)10(8(2)3)15-16-11/h8-9H,4-7H2,1-3H3,(H,15,16). The van der Waals surface area contributed by atoms with Gasteiger partial charge in [0.05, 0.1) is 5.69 Å². The minimum Gasteiger partial charge on any atom is -0.337 e. The summed E-state index contributed by atoms with van der Waals surface area (Å²) in [5.41, 5.74) is 0.270. The van der Waals surface area contributed by atoms with Crippen LogP contribution < -0.4 is 0 Å². The van der Waals surface area contributed by atoms with Crippen molar-refractivity contribution in [3.63, 3.8) is 0 Å². The number of hydrogen-bond acceptors (Lipinski definition) is 4. The van der Waals surface area contributed by atoms with Gasteiger partial charge < -0.3 is 4.90 Å². The molecule has 1 heterocycles. The minimum absolute atomic E-state index is 0.101. The summed E-state index contributed by atoms with van der Waals surface area (Å²) < 4.78 is 23.6. The topological polar surface area (TPSA) is 83.1 Å². The number of H-pyrrole nitrogens is 1. The van der Waals surface area contributed by atoms with Crippen LogP contribution in [0.25, 0.3) is 0 Å². The molecular weight excluding hydrogens is 314 g/mol. The maximum absolute atomic E-state index is 12.6. The highest BCUT2D eigenvalue weighted by molar-refractivity contribution is 8.13. The normalized spacial score (nSPS) is 15.5. The van der Waals surface area contributed by atoms with E-state index in [0.29, 0.717) is 24.7 Å². The Morgan fingerprint density at radius 2 is 2.10 bits per heavy atom. The Balaban J connectivity index is 2.40. The molecule has 6 nitrogen and oxygen atoms in total. The Kier molecular flexibility index (Phi) is 4.63. The van der Waals surface area contributed by atoms with Gasteiger partial charge in [-0.15, -0.1) is 0 Å². The van der Waals surface area contributed by atoms with Crippen molar-refractivity contribution < 1.29 is 13.2 Å². The quantitative estimate of drug-likeness (QED) is 0.810. The monoisotopic (exact) mass is 333 g/mol. The number of nitrogens with zero attached hydrogens (tertiary/aromatic N) is 2. The highest BCUT2D eigenvalue weighted by Gasteiger charge is 2.33. The number of carbonyl (C=O) groups is 1. The lowest BCUT2D eigenvalue weighted by atomic mass is 10.1. The van der Waals surface area contributed by atoms with Crippen LogP contribution in [0, 0.1) is 5.92 Å². The van der Waals surface area contributed by atoms with E-state index in [1.807, 2.05) is 20.8 Å². The average molecular weight is 334 g/mol. The molecule has 1 aromatic heterocycles. The van der Waals surface area contributed by atoms with Gasteiger partial charge in [0.2, 0.25) is 0 Å². The maximum atomic E-state index is 12.6. The van der Waals surface area contributed by atoms with Crippen molar-refractivity contribution in [3.8, 4) is 0 Å². The number of hydrogen-bond donors (Lipinski definition) is 1. The number of aromatic amines is 1. The molecule has 0 saturated heterocycles. The Morgan fingerprint density at radius 1 is 1.48 bits per heavy atom. The largest absolute Gasteiger partial charge is 0.337 e. The second-order valence-electron chi connectivity index (χ2n) is 5.69. The van der Waals surface area contributed by atoms with Gasteiger partial charge in [0.15, 0.2) is 5.69 Å². The Hall–Kier alpha value is -1.08. The van der Waals surface area contributed by atoms with Gasteiger partial charge in [-0.1, -0.05) is 13.8 Å². The molecule has 1 amide bonds. The molecule has 1 saturated carbocycles. The molecular formula is C13H20ClN3O3S. The molecule has 2 rings (SSSR count). The van der Waals surface area contributed by atoms with Gasteiger partial charge in [-0.3, -0.25) is 9.89 Å². The summed E-state index contributed by atoms with van der Waals surface area (Å²) in [7, 11) is 1.47. The summed E-state index contributed by atoms with van der Waals surface area (Å²) in [6, 6.07) is 0. The second-order valence-corrected chi connectivity index (χ2v) is 8.20. The first-order valence-corrected chi connectivity index (χ1v) is 9.38. The van der Waals surface area contributed by atoms with Crippen LogP contribution in [0.15, 0.2) is 4.90 Å². The third kappa shape index (κ3) is 3.58. The molecule has 1 aliphatic carbocycles. The molecule has 1 N–H and O–H groups in total. The second kappa shape index (κ2) is 5.96. The van der Waals surface area contributed by atoms with E-state index in [-0.39, 0.29) is 22.4 Å². The predicted octanol–water partition coefficient (Wildman–Crippen LogP) is 2.33. The Labute approximate surface area is 129 Å². The van der Waals surface area contributed by atoms with Crippen LogP contribution in [-0.2, 0) is 9.05 Å².